The van der Waals surface area contributed by atoms with Crippen LogP contribution in [0.3, 0.4) is 0 Å². The molecule has 0 aliphatic heterocycles. The molecule has 0 aliphatic carbocycles. The van der Waals surface area contributed by atoms with Crippen LogP contribution in [0.4, 0.5) is 15.9 Å². The van der Waals surface area contributed by atoms with Crippen molar-refractivity contribution in [1.29, 1.82) is 0 Å². The van der Waals surface area contributed by atoms with Crippen LogP contribution < -0.4 is 17.0 Å². The van der Waals surface area contributed by atoms with Crippen molar-refractivity contribution in [2.24, 2.45) is 11.8 Å². The number of benzene rings is 1. The molecule has 23 heavy (non-hydrogen) atoms. The Morgan fingerprint density at radius 1 is 1.22 bits per heavy atom. The van der Waals surface area contributed by atoms with Crippen molar-refractivity contribution in [3.05, 3.63) is 51.9 Å². The number of hydrogen-bond acceptors (Lipinski definition) is 4. The zero-order valence-corrected chi connectivity index (χ0v) is 15.5. The third-order valence-corrected chi connectivity index (χ3v) is 4.18. The van der Waals surface area contributed by atoms with Crippen molar-refractivity contribution in [1.82, 2.24) is 4.98 Å². The minimum atomic E-state index is -0.216. The highest BCUT2D eigenvalue weighted by molar-refractivity contribution is 9.10. The Bertz CT molecular complexity index is 646. The minimum Gasteiger partial charge on any atom is -0.383 e. The standard InChI is InChI=1S/C11H17FN2.C6H7BrN2/c1-7(2)8(3)10-6-9(12)4-5-11(10)14-13;1-4-2-5(7)3-9-6(4)8/h4-8,14H,13H2,1-3H3;2-3H,1H3,(H2,8,9). The molecule has 2 aromatic rings. The van der Waals surface area contributed by atoms with Crippen LogP contribution in [0.25, 0.3) is 0 Å². The maximum absolute atomic E-state index is 13.0. The molecule has 1 aromatic carbocycles. The summed E-state index contributed by atoms with van der Waals surface area (Å²) in [5.74, 6) is 6.50. The fourth-order valence-electron chi connectivity index (χ4n) is 1.95. The van der Waals surface area contributed by atoms with Crippen molar-refractivity contribution in [3.8, 4) is 0 Å². The van der Waals surface area contributed by atoms with E-state index in [1.807, 2.05) is 13.0 Å². The van der Waals surface area contributed by atoms with Crippen LogP contribution in [-0.4, -0.2) is 4.98 Å². The van der Waals surface area contributed by atoms with Gasteiger partial charge in [0.2, 0.25) is 0 Å². The Morgan fingerprint density at radius 2 is 1.87 bits per heavy atom. The predicted molar refractivity (Wildman–Crippen MR) is 98.5 cm³/mol. The molecule has 0 radical (unpaired) electrons. The van der Waals surface area contributed by atoms with Gasteiger partial charge in [0, 0.05) is 10.7 Å². The van der Waals surface area contributed by atoms with E-state index in [9.17, 15) is 4.39 Å². The molecule has 0 fully saturated rings. The van der Waals surface area contributed by atoms with Gasteiger partial charge in [0.15, 0.2) is 0 Å². The molecule has 1 heterocycles. The van der Waals surface area contributed by atoms with Crippen molar-refractivity contribution in [2.75, 3.05) is 11.2 Å². The van der Waals surface area contributed by atoms with E-state index in [1.165, 1.54) is 6.07 Å². The molecule has 1 atom stereocenters. The number of halogens is 2. The summed E-state index contributed by atoms with van der Waals surface area (Å²) in [4.78, 5) is 3.91. The van der Waals surface area contributed by atoms with Gasteiger partial charge in [-0.15, -0.1) is 0 Å². The third kappa shape index (κ3) is 5.80. The monoisotopic (exact) mass is 382 g/mol. The summed E-state index contributed by atoms with van der Waals surface area (Å²) in [6.07, 6.45) is 1.68. The fourth-order valence-corrected chi connectivity index (χ4v) is 2.40. The first-order chi connectivity index (χ1) is 10.8. The molecule has 0 saturated heterocycles. The molecule has 0 bridgehead atoms. The summed E-state index contributed by atoms with van der Waals surface area (Å²) >= 11 is 3.28. The maximum atomic E-state index is 13.0. The number of hydrogen-bond donors (Lipinski definition) is 3. The van der Waals surface area contributed by atoms with Crippen LogP contribution >= 0.6 is 15.9 Å². The van der Waals surface area contributed by atoms with Crippen LogP contribution in [0.5, 0.6) is 0 Å². The lowest BCUT2D eigenvalue weighted by atomic mass is 9.89. The van der Waals surface area contributed by atoms with Crippen molar-refractivity contribution < 1.29 is 4.39 Å². The summed E-state index contributed by atoms with van der Waals surface area (Å²) in [6, 6.07) is 6.55. The number of hydrazine groups is 1. The summed E-state index contributed by atoms with van der Waals surface area (Å²) < 4.78 is 14.0. The maximum Gasteiger partial charge on any atom is 0.126 e. The molecule has 0 aliphatic rings. The molecule has 4 nitrogen and oxygen atoms in total. The second-order valence-corrected chi connectivity index (χ2v) is 6.68. The molecule has 1 aromatic heterocycles. The lowest BCUT2D eigenvalue weighted by Crippen LogP contribution is -2.12. The Balaban J connectivity index is 0.000000253. The van der Waals surface area contributed by atoms with Crippen LogP contribution in [-0.2, 0) is 0 Å². The Hall–Kier alpha value is -1.66. The Morgan fingerprint density at radius 3 is 2.35 bits per heavy atom. The molecule has 5 N–H and O–H groups in total. The lowest BCUT2D eigenvalue weighted by molar-refractivity contribution is 0.531. The quantitative estimate of drug-likeness (QED) is 0.535. The van der Waals surface area contributed by atoms with Gasteiger partial charge in [0.05, 0.1) is 5.69 Å². The van der Waals surface area contributed by atoms with E-state index in [-0.39, 0.29) is 11.7 Å². The Kier molecular flexibility index (Phi) is 7.45. The third-order valence-electron chi connectivity index (χ3n) is 3.75. The number of nitrogens with zero attached hydrogens (tertiary/aromatic N) is 1. The second-order valence-electron chi connectivity index (χ2n) is 5.76. The van der Waals surface area contributed by atoms with Gasteiger partial charge in [0.1, 0.15) is 11.6 Å². The van der Waals surface area contributed by atoms with Gasteiger partial charge in [0.25, 0.3) is 0 Å². The zero-order chi connectivity index (χ0) is 17.6. The van der Waals surface area contributed by atoms with E-state index in [4.69, 9.17) is 11.6 Å². The molecule has 0 spiro atoms. The van der Waals surface area contributed by atoms with Crippen LogP contribution in [0.2, 0.25) is 0 Å². The summed E-state index contributed by atoms with van der Waals surface area (Å²) in [5.41, 5.74) is 10.8. The van der Waals surface area contributed by atoms with Crippen LogP contribution in [0.15, 0.2) is 34.9 Å². The predicted octanol–water partition coefficient (Wildman–Crippen LogP) is 4.61. The highest BCUT2D eigenvalue weighted by Crippen LogP contribution is 2.30. The zero-order valence-electron chi connectivity index (χ0n) is 13.9. The van der Waals surface area contributed by atoms with E-state index in [0.717, 1.165) is 21.3 Å². The topological polar surface area (TPSA) is 77.0 Å². The van der Waals surface area contributed by atoms with E-state index in [1.54, 1.807) is 18.3 Å². The number of nitrogens with two attached hydrogens (primary N) is 2. The molecular formula is C17H24BrFN4. The summed E-state index contributed by atoms with van der Waals surface area (Å²) in [5, 5.41) is 0. The normalized spacial score (nSPS) is 11.7. The van der Waals surface area contributed by atoms with Crippen molar-refractivity contribution in [2.45, 2.75) is 33.6 Å². The van der Waals surface area contributed by atoms with E-state index < -0.39 is 0 Å². The van der Waals surface area contributed by atoms with Crippen molar-refractivity contribution >= 4 is 27.4 Å². The molecular weight excluding hydrogens is 359 g/mol. The molecule has 2 rings (SSSR count). The largest absolute Gasteiger partial charge is 0.383 e. The minimum absolute atomic E-state index is 0.216. The smallest absolute Gasteiger partial charge is 0.126 e. The van der Waals surface area contributed by atoms with Crippen LogP contribution in [0, 0.1) is 18.7 Å². The van der Waals surface area contributed by atoms with E-state index in [0.29, 0.717) is 11.7 Å². The highest BCUT2D eigenvalue weighted by Gasteiger charge is 2.14. The first-order valence-corrected chi connectivity index (χ1v) is 8.19. The first-order valence-electron chi connectivity index (χ1n) is 7.40. The van der Waals surface area contributed by atoms with Gasteiger partial charge >= 0.3 is 0 Å². The lowest BCUT2D eigenvalue weighted by Gasteiger charge is -2.19. The van der Waals surface area contributed by atoms with Gasteiger partial charge in [-0.2, -0.15) is 0 Å². The number of anilines is 2. The van der Waals surface area contributed by atoms with Gasteiger partial charge < -0.3 is 11.2 Å². The second kappa shape index (κ2) is 8.84. The molecule has 0 amide bonds. The number of aryl methyl sites for hydroxylation is 1. The average molecular weight is 383 g/mol. The molecule has 6 heteroatoms. The molecule has 126 valence electrons. The van der Waals surface area contributed by atoms with Gasteiger partial charge in [-0.1, -0.05) is 20.8 Å². The van der Waals surface area contributed by atoms with E-state index >= 15 is 0 Å². The number of nitrogen functional groups attached to an aromatic ring is 2. The summed E-state index contributed by atoms with van der Waals surface area (Å²) in [6.45, 7) is 8.21. The molecule has 0 saturated carbocycles. The van der Waals surface area contributed by atoms with Gasteiger partial charge in [-0.3, -0.25) is 5.84 Å². The summed E-state index contributed by atoms with van der Waals surface area (Å²) in [7, 11) is 0. The van der Waals surface area contributed by atoms with Crippen LogP contribution in [0.1, 0.15) is 37.8 Å². The number of aromatic nitrogens is 1. The molecule has 1 unspecified atom stereocenters. The van der Waals surface area contributed by atoms with Crippen molar-refractivity contribution in [3.63, 3.8) is 0 Å². The number of rotatable bonds is 3. The fraction of sp³-hybridized carbons (Fsp3) is 0.353. The first kappa shape index (κ1) is 19.4. The average Bonchev–Trinajstić information content (AvgIpc) is 2.51. The SMILES string of the molecule is CC(C)C(C)c1cc(F)ccc1NN.Cc1cc(Br)cnc1N. The Labute approximate surface area is 145 Å². The number of nitrogens with one attached hydrogen (secondary N) is 1. The van der Waals surface area contributed by atoms with Gasteiger partial charge in [-0.25, -0.2) is 9.37 Å². The van der Waals surface area contributed by atoms with Gasteiger partial charge in [-0.05, 0) is 70.1 Å². The highest BCUT2D eigenvalue weighted by atomic mass is 79.9. The number of pyridine rings is 1. The van der Waals surface area contributed by atoms with E-state index in [2.05, 4.69) is 47.1 Å².